The summed E-state index contributed by atoms with van der Waals surface area (Å²) in [5, 5.41) is 5.99. The van der Waals surface area contributed by atoms with Crippen molar-refractivity contribution in [3.63, 3.8) is 0 Å². The van der Waals surface area contributed by atoms with E-state index in [0.717, 1.165) is 17.9 Å². The molecule has 0 aliphatic rings. The van der Waals surface area contributed by atoms with Crippen LogP contribution in [0.25, 0.3) is 0 Å². The highest BCUT2D eigenvalue weighted by Crippen LogP contribution is 2.23. The van der Waals surface area contributed by atoms with Crippen LogP contribution in [-0.4, -0.2) is 25.7 Å². The predicted octanol–water partition coefficient (Wildman–Crippen LogP) is 4.76. The number of para-hydroxylation sites is 2. The average molecular weight is 390 g/mol. The summed E-state index contributed by atoms with van der Waals surface area (Å²) >= 11 is 0. The van der Waals surface area contributed by atoms with Crippen LogP contribution in [0.5, 0.6) is 11.5 Å². The van der Waals surface area contributed by atoms with Gasteiger partial charge in [-0.05, 0) is 48.9 Å². The topological polar surface area (TPSA) is 59.6 Å². The van der Waals surface area contributed by atoms with Crippen LogP contribution in [0.2, 0.25) is 0 Å². The molecule has 3 aromatic rings. The summed E-state index contributed by atoms with van der Waals surface area (Å²) in [7, 11) is 0. The van der Waals surface area contributed by atoms with Gasteiger partial charge < -0.3 is 20.1 Å². The third-order valence-electron chi connectivity index (χ3n) is 4.27. The number of amides is 1. The van der Waals surface area contributed by atoms with Crippen LogP contribution < -0.4 is 20.1 Å². The maximum Gasteiger partial charge on any atom is 0.243 e. The van der Waals surface area contributed by atoms with Crippen molar-refractivity contribution in [3.05, 3.63) is 84.4 Å². The normalized spacial score (nSPS) is 10.2. The van der Waals surface area contributed by atoms with E-state index in [1.807, 2.05) is 73.7 Å². The molecule has 150 valence electrons. The van der Waals surface area contributed by atoms with Gasteiger partial charge in [-0.25, -0.2) is 0 Å². The molecule has 0 saturated heterocycles. The quantitative estimate of drug-likeness (QED) is 0.524. The van der Waals surface area contributed by atoms with Gasteiger partial charge in [0, 0.05) is 12.1 Å². The number of benzene rings is 3. The molecule has 3 aromatic carbocycles. The Balaban J connectivity index is 1.43. The van der Waals surface area contributed by atoms with Gasteiger partial charge in [-0.3, -0.25) is 4.79 Å². The molecule has 0 aliphatic heterocycles. The molecule has 0 spiro atoms. The Morgan fingerprint density at radius 1 is 0.862 bits per heavy atom. The monoisotopic (exact) mass is 390 g/mol. The van der Waals surface area contributed by atoms with Crippen molar-refractivity contribution in [1.29, 1.82) is 0 Å². The Labute approximate surface area is 171 Å². The van der Waals surface area contributed by atoms with E-state index in [2.05, 4.69) is 22.8 Å². The van der Waals surface area contributed by atoms with Crippen molar-refractivity contribution in [1.82, 2.24) is 0 Å². The third kappa shape index (κ3) is 6.57. The molecule has 0 heterocycles. The van der Waals surface area contributed by atoms with Gasteiger partial charge in [-0.2, -0.15) is 0 Å². The summed E-state index contributed by atoms with van der Waals surface area (Å²) in [5.41, 5.74) is 2.78. The molecular formula is C24H26N2O3. The van der Waals surface area contributed by atoms with Gasteiger partial charge >= 0.3 is 0 Å². The Morgan fingerprint density at radius 3 is 2.34 bits per heavy atom. The molecule has 5 heteroatoms. The van der Waals surface area contributed by atoms with Crippen molar-refractivity contribution in [2.24, 2.45) is 0 Å². The molecule has 0 aromatic heterocycles. The number of carbonyl (C=O) groups is 1. The van der Waals surface area contributed by atoms with Crippen LogP contribution in [0.1, 0.15) is 12.5 Å². The zero-order valence-corrected chi connectivity index (χ0v) is 16.6. The SMILES string of the molecule is CCOc1ccccc1NC(=O)CNc1ccc(OCCc2ccccc2)cc1. The van der Waals surface area contributed by atoms with Crippen LogP contribution in [0, 0.1) is 0 Å². The first-order valence-corrected chi connectivity index (χ1v) is 9.77. The second kappa shape index (κ2) is 10.8. The molecule has 0 radical (unpaired) electrons. The van der Waals surface area contributed by atoms with Crippen LogP contribution >= 0.6 is 0 Å². The maximum absolute atomic E-state index is 12.2. The fraction of sp³-hybridized carbons (Fsp3) is 0.208. The first kappa shape index (κ1) is 20.3. The molecule has 0 atom stereocenters. The molecule has 0 bridgehead atoms. The minimum Gasteiger partial charge on any atom is -0.493 e. The molecule has 0 aliphatic carbocycles. The Kier molecular flexibility index (Phi) is 7.52. The summed E-state index contributed by atoms with van der Waals surface area (Å²) < 4.78 is 11.3. The van der Waals surface area contributed by atoms with Gasteiger partial charge in [0.2, 0.25) is 5.91 Å². The van der Waals surface area contributed by atoms with E-state index in [1.165, 1.54) is 5.56 Å². The fourth-order valence-corrected chi connectivity index (χ4v) is 2.83. The number of carbonyl (C=O) groups excluding carboxylic acids is 1. The lowest BCUT2D eigenvalue weighted by atomic mass is 10.2. The second-order valence-electron chi connectivity index (χ2n) is 6.44. The van der Waals surface area contributed by atoms with Crippen LogP contribution in [0.4, 0.5) is 11.4 Å². The maximum atomic E-state index is 12.2. The lowest BCUT2D eigenvalue weighted by molar-refractivity contribution is -0.114. The number of ether oxygens (including phenoxy) is 2. The largest absolute Gasteiger partial charge is 0.493 e. The van der Waals surface area contributed by atoms with Gasteiger partial charge in [0.1, 0.15) is 11.5 Å². The van der Waals surface area contributed by atoms with Crippen LogP contribution in [-0.2, 0) is 11.2 Å². The van der Waals surface area contributed by atoms with Crippen molar-refractivity contribution in [2.75, 3.05) is 30.4 Å². The molecule has 3 rings (SSSR count). The smallest absolute Gasteiger partial charge is 0.243 e. The van der Waals surface area contributed by atoms with E-state index in [0.29, 0.717) is 24.7 Å². The van der Waals surface area contributed by atoms with E-state index in [-0.39, 0.29) is 12.5 Å². The van der Waals surface area contributed by atoms with Gasteiger partial charge in [0.25, 0.3) is 0 Å². The molecule has 5 nitrogen and oxygen atoms in total. The summed E-state index contributed by atoms with van der Waals surface area (Å²) in [6.07, 6.45) is 0.865. The fourth-order valence-electron chi connectivity index (χ4n) is 2.83. The highest BCUT2D eigenvalue weighted by Gasteiger charge is 2.07. The Hall–Kier alpha value is -3.47. The van der Waals surface area contributed by atoms with E-state index >= 15 is 0 Å². The van der Waals surface area contributed by atoms with Crippen LogP contribution in [0.3, 0.4) is 0 Å². The van der Waals surface area contributed by atoms with Crippen molar-refractivity contribution >= 4 is 17.3 Å². The molecule has 1 amide bonds. The number of hydrogen-bond acceptors (Lipinski definition) is 4. The number of rotatable bonds is 10. The van der Waals surface area contributed by atoms with E-state index in [9.17, 15) is 4.79 Å². The zero-order chi connectivity index (χ0) is 20.3. The third-order valence-corrected chi connectivity index (χ3v) is 4.27. The van der Waals surface area contributed by atoms with Gasteiger partial charge in [0.15, 0.2) is 0 Å². The van der Waals surface area contributed by atoms with Crippen LogP contribution in [0.15, 0.2) is 78.9 Å². The van der Waals surface area contributed by atoms with Crippen molar-refractivity contribution < 1.29 is 14.3 Å². The highest BCUT2D eigenvalue weighted by molar-refractivity contribution is 5.95. The molecule has 2 N–H and O–H groups in total. The highest BCUT2D eigenvalue weighted by atomic mass is 16.5. The number of hydrogen-bond donors (Lipinski definition) is 2. The lowest BCUT2D eigenvalue weighted by Gasteiger charge is -2.12. The number of anilines is 2. The Bertz CT molecular complexity index is 896. The van der Waals surface area contributed by atoms with Gasteiger partial charge in [0.05, 0.1) is 25.4 Å². The summed E-state index contributed by atoms with van der Waals surface area (Å²) in [5.74, 6) is 1.34. The van der Waals surface area contributed by atoms with E-state index in [1.54, 1.807) is 0 Å². The van der Waals surface area contributed by atoms with E-state index < -0.39 is 0 Å². The second-order valence-corrected chi connectivity index (χ2v) is 6.44. The van der Waals surface area contributed by atoms with Gasteiger partial charge in [-0.15, -0.1) is 0 Å². The standard InChI is InChI=1S/C24H26N2O3/c1-2-28-23-11-7-6-10-22(23)26-24(27)18-25-20-12-14-21(15-13-20)29-17-16-19-8-4-3-5-9-19/h3-15,25H,2,16-18H2,1H3,(H,26,27). The van der Waals surface area contributed by atoms with Crippen molar-refractivity contribution in [3.8, 4) is 11.5 Å². The average Bonchev–Trinajstić information content (AvgIpc) is 2.75. The molecule has 0 fully saturated rings. The Morgan fingerprint density at radius 2 is 1.59 bits per heavy atom. The molecule has 0 unspecified atom stereocenters. The lowest BCUT2D eigenvalue weighted by Crippen LogP contribution is -2.22. The van der Waals surface area contributed by atoms with Crippen molar-refractivity contribution in [2.45, 2.75) is 13.3 Å². The molecule has 29 heavy (non-hydrogen) atoms. The summed E-state index contributed by atoms with van der Waals surface area (Å²) in [6.45, 7) is 3.24. The number of nitrogens with one attached hydrogen (secondary N) is 2. The first-order valence-electron chi connectivity index (χ1n) is 9.77. The minimum atomic E-state index is -0.139. The molecule has 0 saturated carbocycles. The minimum absolute atomic E-state index is 0.139. The summed E-state index contributed by atoms with van der Waals surface area (Å²) in [4.78, 5) is 12.2. The van der Waals surface area contributed by atoms with Gasteiger partial charge in [-0.1, -0.05) is 42.5 Å². The molecular weight excluding hydrogens is 364 g/mol. The predicted molar refractivity (Wildman–Crippen MR) is 117 cm³/mol. The first-order chi connectivity index (χ1) is 14.2. The zero-order valence-electron chi connectivity index (χ0n) is 16.6. The van der Waals surface area contributed by atoms with E-state index in [4.69, 9.17) is 9.47 Å². The summed E-state index contributed by atoms with van der Waals surface area (Å²) in [6, 6.07) is 25.3.